The number of Topliss-reactive ketones (excluding diaryl/α,β-unsaturated/α-hetero) is 1. The van der Waals surface area contributed by atoms with Crippen LogP contribution in [0.25, 0.3) is 5.76 Å². The highest BCUT2D eigenvalue weighted by molar-refractivity contribution is 6.46. The quantitative estimate of drug-likeness (QED) is 0.343. The molecule has 2 heterocycles. The van der Waals surface area contributed by atoms with E-state index in [-0.39, 0.29) is 11.3 Å². The van der Waals surface area contributed by atoms with Gasteiger partial charge in [0.15, 0.2) is 0 Å². The van der Waals surface area contributed by atoms with Gasteiger partial charge in [0.25, 0.3) is 11.7 Å². The van der Waals surface area contributed by atoms with Crippen LogP contribution in [0.15, 0.2) is 54.4 Å². The fraction of sp³-hybridized carbons (Fsp3) is 0.286. The van der Waals surface area contributed by atoms with E-state index in [0.29, 0.717) is 36.4 Å². The summed E-state index contributed by atoms with van der Waals surface area (Å²) in [5, 5.41) is 10.9. The Bertz CT molecular complexity index is 877. The minimum absolute atomic E-state index is 0.0561. The summed E-state index contributed by atoms with van der Waals surface area (Å²) < 4.78 is 10.2. The highest BCUT2D eigenvalue weighted by atomic mass is 16.5. The minimum atomic E-state index is -0.709. The van der Waals surface area contributed by atoms with Gasteiger partial charge < -0.3 is 19.5 Å². The summed E-state index contributed by atoms with van der Waals surface area (Å²) in [7, 11) is 3.12. The molecule has 7 heteroatoms. The SMILES string of the molecule is COCCCN1C(=O)C(=O)/C(=C(\O)c2ccc(OC)cc2)C1c1cccnc1. The molecule has 1 saturated heterocycles. The van der Waals surface area contributed by atoms with Crippen molar-refractivity contribution < 1.29 is 24.2 Å². The first-order valence-electron chi connectivity index (χ1n) is 8.90. The molecule has 1 atom stereocenters. The molecule has 1 fully saturated rings. The topological polar surface area (TPSA) is 89.0 Å². The summed E-state index contributed by atoms with van der Waals surface area (Å²) in [6.07, 6.45) is 3.79. The number of carbonyl (C=O) groups is 2. The number of hydrogen-bond donors (Lipinski definition) is 1. The molecule has 0 saturated carbocycles. The van der Waals surface area contributed by atoms with E-state index in [2.05, 4.69) is 4.98 Å². The second-order valence-electron chi connectivity index (χ2n) is 6.35. The number of benzene rings is 1. The molecule has 3 rings (SSSR count). The first-order chi connectivity index (χ1) is 13.6. The van der Waals surface area contributed by atoms with Gasteiger partial charge in [0.05, 0.1) is 18.7 Å². The van der Waals surface area contributed by atoms with Gasteiger partial charge >= 0.3 is 0 Å². The van der Waals surface area contributed by atoms with Gasteiger partial charge in [0.2, 0.25) is 0 Å². The largest absolute Gasteiger partial charge is 0.507 e. The van der Waals surface area contributed by atoms with Crippen molar-refractivity contribution in [3.05, 3.63) is 65.5 Å². The average Bonchev–Trinajstić information content (AvgIpc) is 2.99. The maximum atomic E-state index is 12.8. The Balaban J connectivity index is 2.07. The lowest BCUT2D eigenvalue weighted by Gasteiger charge is -2.25. The number of carbonyl (C=O) groups excluding carboxylic acids is 2. The number of pyridine rings is 1. The standard InChI is InChI=1S/C21H22N2O5/c1-27-12-4-11-23-18(15-5-3-10-22-13-15)17(20(25)21(23)26)19(24)14-6-8-16(28-2)9-7-14/h3,5-10,13,18,24H,4,11-12H2,1-2H3/b19-17-. The highest BCUT2D eigenvalue weighted by Gasteiger charge is 2.45. The van der Waals surface area contributed by atoms with Crippen LogP contribution in [0.1, 0.15) is 23.6 Å². The third-order valence-corrected chi connectivity index (χ3v) is 4.65. The second kappa shape index (κ2) is 8.67. The zero-order chi connectivity index (χ0) is 20.1. The summed E-state index contributed by atoms with van der Waals surface area (Å²) >= 11 is 0. The van der Waals surface area contributed by atoms with Crippen LogP contribution in [-0.2, 0) is 14.3 Å². The smallest absolute Gasteiger partial charge is 0.295 e. The molecule has 1 unspecified atom stereocenters. The van der Waals surface area contributed by atoms with E-state index in [1.165, 1.54) is 4.90 Å². The van der Waals surface area contributed by atoms with Crippen molar-refractivity contribution in [1.29, 1.82) is 0 Å². The molecular weight excluding hydrogens is 360 g/mol. The normalized spacial score (nSPS) is 18.5. The fourth-order valence-electron chi connectivity index (χ4n) is 3.28. The summed E-state index contributed by atoms with van der Waals surface area (Å²) in [6.45, 7) is 0.790. The highest BCUT2D eigenvalue weighted by Crippen LogP contribution is 2.39. The van der Waals surface area contributed by atoms with Crippen LogP contribution in [0.5, 0.6) is 5.75 Å². The van der Waals surface area contributed by atoms with Crippen LogP contribution in [0.4, 0.5) is 0 Å². The molecule has 0 radical (unpaired) electrons. The first-order valence-corrected chi connectivity index (χ1v) is 8.90. The van der Waals surface area contributed by atoms with Gasteiger partial charge in [0.1, 0.15) is 11.5 Å². The molecule has 2 aromatic rings. The van der Waals surface area contributed by atoms with Crippen molar-refractivity contribution in [3.63, 3.8) is 0 Å². The molecule has 28 heavy (non-hydrogen) atoms. The molecule has 0 bridgehead atoms. The van der Waals surface area contributed by atoms with Crippen molar-refractivity contribution in [3.8, 4) is 5.75 Å². The zero-order valence-electron chi connectivity index (χ0n) is 15.8. The predicted molar refractivity (Wildman–Crippen MR) is 103 cm³/mol. The monoisotopic (exact) mass is 382 g/mol. The van der Waals surface area contributed by atoms with Crippen LogP contribution in [0, 0.1) is 0 Å². The minimum Gasteiger partial charge on any atom is -0.507 e. The fourth-order valence-corrected chi connectivity index (χ4v) is 3.28. The number of rotatable bonds is 7. The van der Waals surface area contributed by atoms with Crippen LogP contribution in [-0.4, -0.2) is 54.1 Å². The molecule has 1 amide bonds. The molecule has 1 aliphatic heterocycles. The predicted octanol–water partition coefficient (Wildman–Crippen LogP) is 2.55. The molecule has 1 aliphatic rings. The maximum Gasteiger partial charge on any atom is 0.295 e. The van der Waals surface area contributed by atoms with E-state index in [4.69, 9.17) is 9.47 Å². The van der Waals surface area contributed by atoms with Crippen molar-refractivity contribution in [2.75, 3.05) is 27.4 Å². The molecule has 146 valence electrons. The molecule has 1 aromatic carbocycles. The number of likely N-dealkylation sites (tertiary alicyclic amines) is 1. The van der Waals surface area contributed by atoms with E-state index < -0.39 is 17.7 Å². The van der Waals surface area contributed by atoms with Crippen molar-refractivity contribution in [2.24, 2.45) is 0 Å². The first kappa shape index (κ1) is 19.6. The Morgan fingerprint density at radius 3 is 2.54 bits per heavy atom. The van der Waals surface area contributed by atoms with E-state index in [1.54, 1.807) is 63.0 Å². The maximum absolute atomic E-state index is 12.8. The third-order valence-electron chi connectivity index (χ3n) is 4.65. The zero-order valence-corrected chi connectivity index (χ0v) is 15.8. The third kappa shape index (κ3) is 3.75. The summed E-state index contributed by atoms with van der Waals surface area (Å²) in [4.78, 5) is 31.0. The van der Waals surface area contributed by atoms with E-state index >= 15 is 0 Å². The number of aliphatic hydroxyl groups excluding tert-OH is 1. The average molecular weight is 382 g/mol. The van der Waals surface area contributed by atoms with Gasteiger partial charge in [-0.15, -0.1) is 0 Å². The Hall–Kier alpha value is -3.19. The Kier molecular flexibility index (Phi) is 6.06. The van der Waals surface area contributed by atoms with Gasteiger partial charge in [0, 0.05) is 38.2 Å². The lowest BCUT2D eigenvalue weighted by molar-refractivity contribution is -0.140. The number of nitrogens with zero attached hydrogens (tertiary/aromatic N) is 2. The van der Waals surface area contributed by atoms with Crippen molar-refractivity contribution >= 4 is 17.4 Å². The lowest BCUT2D eigenvalue weighted by Crippen LogP contribution is -2.31. The molecule has 0 spiro atoms. The van der Waals surface area contributed by atoms with Crippen molar-refractivity contribution in [2.45, 2.75) is 12.5 Å². The Morgan fingerprint density at radius 2 is 1.93 bits per heavy atom. The van der Waals surface area contributed by atoms with Crippen LogP contribution in [0.2, 0.25) is 0 Å². The van der Waals surface area contributed by atoms with Gasteiger partial charge in [-0.05, 0) is 42.3 Å². The number of methoxy groups -OCH3 is 2. The summed E-state index contributed by atoms with van der Waals surface area (Å²) in [5.74, 6) is -0.941. The molecule has 7 nitrogen and oxygen atoms in total. The molecular formula is C21H22N2O5. The van der Waals surface area contributed by atoms with E-state index in [9.17, 15) is 14.7 Å². The van der Waals surface area contributed by atoms with Crippen LogP contribution < -0.4 is 4.74 Å². The van der Waals surface area contributed by atoms with E-state index in [1.807, 2.05) is 0 Å². The van der Waals surface area contributed by atoms with Gasteiger partial charge in [-0.25, -0.2) is 0 Å². The van der Waals surface area contributed by atoms with E-state index in [0.717, 1.165) is 0 Å². The molecule has 0 aliphatic carbocycles. The number of ether oxygens (including phenoxy) is 2. The lowest BCUT2D eigenvalue weighted by atomic mass is 9.96. The van der Waals surface area contributed by atoms with Gasteiger partial charge in [-0.3, -0.25) is 14.6 Å². The summed E-state index contributed by atoms with van der Waals surface area (Å²) in [5.41, 5.74) is 1.15. The second-order valence-corrected chi connectivity index (χ2v) is 6.35. The molecule has 1 aromatic heterocycles. The van der Waals surface area contributed by atoms with Gasteiger partial charge in [-0.2, -0.15) is 0 Å². The Morgan fingerprint density at radius 1 is 1.18 bits per heavy atom. The van der Waals surface area contributed by atoms with Crippen LogP contribution in [0.3, 0.4) is 0 Å². The number of ketones is 1. The number of aliphatic hydroxyl groups is 1. The summed E-state index contributed by atoms with van der Waals surface area (Å²) in [6, 6.07) is 9.48. The van der Waals surface area contributed by atoms with Crippen molar-refractivity contribution in [1.82, 2.24) is 9.88 Å². The van der Waals surface area contributed by atoms with Gasteiger partial charge in [-0.1, -0.05) is 6.07 Å². The number of hydrogen-bond acceptors (Lipinski definition) is 6. The molecule has 1 N–H and O–H groups in total. The van der Waals surface area contributed by atoms with Crippen LogP contribution >= 0.6 is 0 Å². The number of aromatic nitrogens is 1. The Labute approximate surface area is 163 Å². The number of amides is 1.